The Bertz CT molecular complexity index is 1150. The van der Waals surface area contributed by atoms with E-state index in [0.29, 0.717) is 11.4 Å². The van der Waals surface area contributed by atoms with E-state index >= 15 is 0 Å². The lowest BCUT2D eigenvalue weighted by atomic mass is 10.1. The molecule has 6 heteroatoms. The number of carbonyl (C=O) groups is 1. The summed E-state index contributed by atoms with van der Waals surface area (Å²) in [6.07, 6.45) is 0. The number of amides is 2. The Morgan fingerprint density at radius 3 is 2.00 bits per heavy atom. The Kier molecular flexibility index (Phi) is 4.63. The molecule has 0 aliphatic rings. The molecule has 2 amide bonds. The molecule has 0 fully saturated rings. The molecule has 138 valence electrons. The maximum atomic E-state index is 13.2. The molecule has 0 saturated heterocycles. The average molecular weight is 386 g/mol. The minimum Gasteiger partial charge on any atom is -0.375 e. The van der Waals surface area contributed by atoms with E-state index in [0.717, 1.165) is 27.4 Å². The molecular weight excluding hydrogens is 368 g/mol. The molecule has 1 aromatic heterocycles. The van der Waals surface area contributed by atoms with Gasteiger partial charge in [0, 0.05) is 16.5 Å². The van der Waals surface area contributed by atoms with Gasteiger partial charge in [0.15, 0.2) is 5.11 Å². The topological polar surface area (TPSA) is 71.2 Å². The zero-order chi connectivity index (χ0) is 19.7. The molecule has 4 rings (SSSR count). The minimum absolute atomic E-state index is 0.0360. The summed E-state index contributed by atoms with van der Waals surface area (Å²) in [7, 11) is 0. The number of aryl methyl sites for hydroxylation is 1. The van der Waals surface area contributed by atoms with Gasteiger partial charge in [-0.15, -0.1) is 0 Å². The number of benzene rings is 3. The molecule has 4 aromatic rings. The van der Waals surface area contributed by atoms with E-state index in [4.69, 9.17) is 22.9 Å². The van der Waals surface area contributed by atoms with Crippen LogP contribution in [0.15, 0.2) is 72.8 Å². The molecule has 0 radical (unpaired) electrons. The summed E-state index contributed by atoms with van der Waals surface area (Å²) in [6, 6.07) is 22.4. The van der Waals surface area contributed by atoms with Crippen LogP contribution < -0.4 is 16.0 Å². The molecule has 0 saturated carbocycles. The quantitative estimate of drug-likeness (QED) is 0.377. The molecule has 0 bridgehead atoms. The van der Waals surface area contributed by atoms with E-state index in [1.165, 1.54) is 4.90 Å². The monoisotopic (exact) mass is 386 g/mol. The number of nitrogens with one attached hydrogen (secondary N) is 1. The maximum Gasteiger partial charge on any atom is 0.332 e. The zero-order valence-electron chi connectivity index (χ0n) is 15.2. The van der Waals surface area contributed by atoms with Crippen LogP contribution in [0.4, 0.5) is 16.2 Å². The first kappa shape index (κ1) is 17.9. The fourth-order valence-corrected chi connectivity index (χ4v) is 3.36. The number of nitrogens with zero attached hydrogens (tertiary/aromatic N) is 2. The van der Waals surface area contributed by atoms with Gasteiger partial charge in [0.05, 0.1) is 16.7 Å². The summed E-state index contributed by atoms with van der Waals surface area (Å²) >= 11 is 5.26. The van der Waals surface area contributed by atoms with Crippen LogP contribution in [0, 0.1) is 6.92 Å². The van der Waals surface area contributed by atoms with Gasteiger partial charge in [-0.1, -0.05) is 54.1 Å². The highest BCUT2D eigenvalue weighted by Gasteiger charge is 2.24. The molecule has 1 heterocycles. The van der Waals surface area contributed by atoms with Crippen LogP contribution in [0.2, 0.25) is 0 Å². The first-order chi connectivity index (χ1) is 13.5. The molecule has 28 heavy (non-hydrogen) atoms. The van der Waals surface area contributed by atoms with Crippen molar-refractivity contribution in [3.63, 3.8) is 0 Å². The number of anilines is 2. The highest BCUT2D eigenvalue weighted by Crippen LogP contribution is 2.34. The van der Waals surface area contributed by atoms with Gasteiger partial charge in [-0.3, -0.25) is 0 Å². The normalized spacial score (nSPS) is 10.8. The molecular formula is C22H18N4OS. The second-order valence-electron chi connectivity index (χ2n) is 6.46. The highest BCUT2D eigenvalue weighted by atomic mass is 32.1. The Morgan fingerprint density at radius 1 is 0.929 bits per heavy atom. The van der Waals surface area contributed by atoms with Gasteiger partial charge < -0.3 is 11.1 Å². The molecule has 0 aliphatic heterocycles. The van der Waals surface area contributed by atoms with Crippen LogP contribution in [0.25, 0.3) is 21.8 Å². The van der Waals surface area contributed by atoms with Crippen molar-refractivity contribution in [3.8, 4) is 0 Å². The third-order valence-electron chi connectivity index (χ3n) is 4.51. The predicted molar refractivity (Wildman–Crippen MR) is 119 cm³/mol. The summed E-state index contributed by atoms with van der Waals surface area (Å²) in [6.45, 7) is 1.99. The van der Waals surface area contributed by atoms with Gasteiger partial charge in [-0.05, 0) is 43.4 Å². The second-order valence-corrected chi connectivity index (χ2v) is 6.88. The second kappa shape index (κ2) is 7.25. The van der Waals surface area contributed by atoms with Crippen molar-refractivity contribution in [1.29, 1.82) is 0 Å². The van der Waals surface area contributed by atoms with Crippen LogP contribution >= 0.6 is 12.2 Å². The lowest BCUT2D eigenvalue weighted by Gasteiger charge is -2.24. The van der Waals surface area contributed by atoms with E-state index in [2.05, 4.69) is 5.32 Å². The van der Waals surface area contributed by atoms with Gasteiger partial charge >= 0.3 is 6.03 Å². The average Bonchev–Trinajstić information content (AvgIpc) is 2.69. The van der Waals surface area contributed by atoms with Gasteiger partial charge in [0.2, 0.25) is 0 Å². The van der Waals surface area contributed by atoms with Gasteiger partial charge in [-0.2, -0.15) is 0 Å². The number of aromatic nitrogens is 1. The molecule has 0 spiro atoms. The van der Waals surface area contributed by atoms with Crippen LogP contribution in [-0.2, 0) is 0 Å². The van der Waals surface area contributed by atoms with Crippen molar-refractivity contribution in [2.75, 3.05) is 10.2 Å². The van der Waals surface area contributed by atoms with E-state index in [1.807, 2.05) is 79.7 Å². The number of rotatable bonds is 2. The summed E-state index contributed by atoms with van der Waals surface area (Å²) in [5.74, 6) is 0. The van der Waals surface area contributed by atoms with Crippen molar-refractivity contribution in [3.05, 3.63) is 78.4 Å². The standard InChI is InChI=1S/C22H18N4OS/c1-14-10-12-15(13-11-14)24-22(27)26(21(23)28)20-16-6-2-4-8-18(16)25-19-9-5-3-7-17(19)20/h2-13H,1H3,(H2,23,28)(H,24,27). The number of para-hydroxylation sites is 2. The Labute approximate surface area is 167 Å². The summed E-state index contributed by atoms with van der Waals surface area (Å²) in [5.41, 5.74) is 9.93. The Morgan fingerprint density at radius 2 is 1.46 bits per heavy atom. The van der Waals surface area contributed by atoms with Gasteiger partial charge in [0.25, 0.3) is 0 Å². The Balaban J connectivity index is 1.89. The summed E-state index contributed by atoms with van der Waals surface area (Å²) < 4.78 is 0. The van der Waals surface area contributed by atoms with Crippen molar-refractivity contribution >= 4 is 56.5 Å². The lowest BCUT2D eigenvalue weighted by molar-refractivity contribution is 0.259. The minimum atomic E-state index is -0.419. The SMILES string of the molecule is Cc1ccc(NC(=O)N(C(N)=S)c2c3ccccc3nc3ccccc23)cc1. The van der Waals surface area contributed by atoms with Gasteiger partial charge in [0.1, 0.15) is 0 Å². The largest absolute Gasteiger partial charge is 0.375 e. The zero-order valence-corrected chi connectivity index (χ0v) is 16.0. The number of hydrogen-bond acceptors (Lipinski definition) is 3. The fourth-order valence-electron chi connectivity index (χ4n) is 3.19. The Hall–Kier alpha value is -3.51. The van der Waals surface area contributed by atoms with Crippen molar-refractivity contribution in [1.82, 2.24) is 4.98 Å². The molecule has 0 aliphatic carbocycles. The predicted octanol–water partition coefficient (Wildman–Crippen LogP) is 4.98. The van der Waals surface area contributed by atoms with Crippen LogP contribution in [-0.4, -0.2) is 16.1 Å². The van der Waals surface area contributed by atoms with E-state index in [9.17, 15) is 4.79 Å². The number of thiocarbonyl (C=S) groups is 1. The first-order valence-corrected chi connectivity index (χ1v) is 9.20. The maximum absolute atomic E-state index is 13.2. The lowest BCUT2D eigenvalue weighted by Crippen LogP contribution is -2.43. The number of carbonyl (C=O) groups excluding carboxylic acids is 1. The summed E-state index contributed by atoms with van der Waals surface area (Å²) in [5, 5.41) is 4.44. The van der Waals surface area contributed by atoms with Crippen molar-refractivity contribution in [2.24, 2.45) is 5.73 Å². The summed E-state index contributed by atoms with van der Waals surface area (Å²) in [4.78, 5) is 19.2. The third-order valence-corrected chi connectivity index (χ3v) is 4.69. The van der Waals surface area contributed by atoms with Crippen molar-refractivity contribution < 1.29 is 4.79 Å². The smallest absolute Gasteiger partial charge is 0.332 e. The van der Waals surface area contributed by atoms with E-state index in [1.54, 1.807) is 0 Å². The van der Waals surface area contributed by atoms with Crippen molar-refractivity contribution in [2.45, 2.75) is 6.92 Å². The van der Waals surface area contributed by atoms with Crippen LogP contribution in [0.5, 0.6) is 0 Å². The number of urea groups is 1. The third kappa shape index (κ3) is 3.25. The molecule has 3 aromatic carbocycles. The highest BCUT2D eigenvalue weighted by molar-refractivity contribution is 7.80. The fraction of sp³-hybridized carbons (Fsp3) is 0.0455. The number of hydrogen-bond donors (Lipinski definition) is 2. The van der Waals surface area contributed by atoms with E-state index < -0.39 is 6.03 Å². The first-order valence-electron chi connectivity index (χ1n) is 8.79. The van der Waals surface area contributed by atoms with Crippen LogP contribution in [0.1, 0.15) is 5.56 Å². The molecule has 5 nitrogen and oxygen atoms in total. The number of fused-ring (bicyclic) bond motifs is 2. The molecule has 3 N–H and O–H groups in total. The van der Waals surface area contributed by atoms with Gasteiger partial charge in [-0.25, -0.2) is 14.7 Å². The molecule has 0 atom stereocenters. The van der Waals surface area contributed by atoms with Crippen LogP contribution in [0.3, 0.4) is 0 Å². The van der Waals surface area contributed by atoms with E-state index in [-0.39, 0.29) is 5.11 Å². The molecule has 0 unspecified atom stereocenters. The number of nitrogens with two attached hydrogens (primary N) is 1. The number of pyridine rings is 1.